The van der Waals surface area contributed by atoms with Crippen LogP contribution in [0, 0.1) is 0 Å². The van der Waals surface area contributed by atoms with E-state index in [9.17, 15) is 4.79 Å². The Hall–Kier alpha value is -0.280. The summed E-state index contributed by atoms with van der Waals surface area (Å²) < 4.78 is 0. The molecule has 0 aliphatic heterocycles. The van der Waals surface area contributed by atoms with Crippen LogP contribution in [0.1, 0.15) is 25.7 Å². The van der Waals surface area contributed by atoms with Crippen molar-refractivity contribution in [2.24, 2.45) is 5.73 Å². The quantitative estimate of drug-likeness (QED) is 0.627. The molecule has 0 aromatic rings. The fourth-order valence-electron chi connectivity index (χ4n) is 1.53. The van der Waals surface area contributed by atoms with Crippen LogP contribution in [-0.2, 0) is 4.79 Å². The van der Waals surface area contributed by atoms with Gasteiger partial charge in [-0.25, -0.2) is 0 Å². The molecule has 70 valence electrons. The fraction of sp³-hybridized carbons (Fsp3) is 0.875. The van der Waals surface area contributed by atoms with Crippen molar-refractivity contribution in [3.05, 3.63) is 0 Å². The molecule has 0 spiro atoms. The number of hydrogen-bond acceptors (Lipinski definition) is 2. The van der Waals surface area contributed by atoms with E-state index in [1.165, 1.54) is 0 Å². The molecule has 3 nitrogen and oxygen atoms in total. The summed E-state index contributed by atoms with van der Waals surface area (Å²) in [5.74, 6) is -0.0140. The van der Waals surface area contributed by atoms with Crippen molar-refractivity contribution in [3.63, 3.8) is 0 Å². The Morgan fingerprint density at radius 2 is 2.00 bits per heavy atom. The number of hydrogen-bond donors (Lipinski definition) is 2. The highest BCUT2D eigenvalue weighted by atomic mass is 35.5. The number of nitrogens with one attached hydrogen (secondary N) is 1. The van der Waals surface area contributed by atoms with Gasteiger partial charge in [0.25, 0.3) is 0 Å². The van der Waals surface area contributed by atoms with Gasteiger partial charge in [0, 0.05) is 12.1 Å². The van der Waals surface area contributed by atoms with Gasteiger partial charge in [-0.15, -0.1) is 11.6 Å². The van der Waals surface area contributed by atoms with Gasteiger partial charge in [-0.05, 0) is 25.7 Å². The predicted octanol–water partition coefficient (Wildman–Crippen LogP) is 0.611. The lowest BCUT2D eigenvalue weighted by Crippen LogP contribution is -2.40. The van der Waals surface area contributed by atoms with Gasteiger partial charge >= 0.3 is 0 Å². The van der Waals surface area contributed by atoms with Crippen molar-refractivity contribution in [1.29, 1.82) is 0 Å². The van der Waals surface area contributed by atoms with Crippen molar-refractivity contribution in [2.45, 2.75) is 37.8 Å². The zero-order valence-corrected chi connectivity index (χ0v) is 7.81. The highest BCUT2D eigenvalue weighted by Crippen LogP contribution is 2.16. The lowest BCUT2D eigenvalue weighted by atomic mass is 9.92. The molecule has 0 aromatic carbocycles. The molecule has 1 fully saturated rings. The van der Waals surface area contributed by atoms with Crippen molar-refractivity contribution < 1.29 is 4.79 Å². The molecule has 1 saturated carbocycles. The molecule has 0 heterocycles. The maximum atomic E-state index is 10.9. The topological polar surface area (TPSA) is 55.1 Å². The number of nitrogens with two attached hydrogens (primary N) is 1. The number of rotatable bonds is 2. The van der Waals surface area contributed by atoms with Gasteiger partial charge in [-0.1, -0.05) is 0 Å². The third kappa shape index (κ3) is 2.99. The number of amides is 1. The van der Waals surface area contributed by atoms with Crippen LogP contribution in [0.3, 0.4) is 0 Å². The lowest BCUT2D eigenvalue weighted by molar-refractivity contribution is -0.119. The van der Waals surface area contributed by atoms with Crippen LogP contribution in [0.4, 0.5) is 0 Å². The van der Waals surface area contributed by atoms with E-state index >= 15 is 0 Å². The van der Waals surface area contributed by atoms with Crippen LogP contribution in [0.25, 0.3) is 0 Å². The Morgan fingerprint density at radius 3 is 2.50 bits per heavy atom. The normalized spacial score (nSPS) is 29.8. The monoisotopic (exact) mass is 190 g/mol. The van der Waals surface area contributed by atoms with E-state index in [2.05, 4.69) is 5.32 Å². The smallest absolute Gasteiger partial charge is 0.235 e. The molecule has 0 bridgehead atoms. The van der Waals surface area contributed by atoms with Crippen LogP contribution < -0.4 is 11.1 Å². The zero-order valence-electron chi connectivity index (χ0n) is 7.05. The average molecular weight is 191 g/mol. The number of alkyl halides is 1. The molecule has 1 aliphatic rings. The number of carbonyl (C=O) groups is 1. The minimum atomic E-state index is -0.0721. The molecule has 0 radical (unpaired) electrons. The summed E-state index contributed by atoms with van der Waals surface area (Å²) in [4.78, 5) is 10.9. The Bertz CT molecular complexity index is 155. The minimum absolute atomic E-state index is 0.0581. The maximum absolute atomic E-state index is 10.9. The van der Waals surface area contributed by atoms with Crippen molar-refractivity contribution in [3.8, 4) is 0 Å². The molecule has 1 amide bonds. The molecular formula is C8H15ClN2O. The van der Waals surface area contributed by atoms with Crippen LogP contribution in [0.15, 0.2) is 0 Å². The molecular weight excluding hydrogens is 176 g/mol. The van der Waals surface area contributed by atoms with Crippen LogP contribution >= 0.6 is 11.6 Å². The minimum Gasteiger partial charge on any atom is -0.352 e. The second-order valence-electron chi connectivity index (χ2n) is 3.31. The summed E-state index contributed by atoms with van der Waals surface area (Å²) in [6.45, 7) is 0. The van der Waals surface area contributed by atoms with Crippen molar-refractivity contribution >= 4 is 17.5 Å². The van der Waals surface area contributed by atoms with E-state index in [-0.39, 0.29) is 11.8 Å². The summed E-state index contributed by atoms with van der Waals surface area (Å²) in [6, 6.07) is 0.630. The Morgan fingerprint density at radius 1 is 1.42 bits per heavy atom. The first kappa shape index (κ1) is 9.81. The summed E-state index contributed by atoms with van der Waals surface area (Å²) in [5, 5.41) is 2.86. The van der Waals surface area contributed by atoms with Gasteiger partial charge in [-0.2, -0.15) is 0 Å². The predicted molar refractivity (Wildman–Crippen MR) is 49.1 cm³/mol. The average Bonchev–Trinajstić information content (AvgIpc) is 2.09. The highest BCUT2D eigenvalue weighted by Gasteiger charge is 2.19. The van der Waals surface area contributed by atoms with Gasteiger partial charge in [0.1, 0.15) is 5.88 Å². The Labute approximate surface area is 77.6 Å². The van der Waals surface area contributed by atoms with E-state index in [1.807, 2.05) is 0 Å². The second kappa shape index (κ2) is 4.67. The van der Waals surface area contributed by atoms with Crippen molar-refractivity contribution in [2.75, 3.05) is 5.88 Å². The molecule has 0 atom stereocenters. The summed E-state index contributed by atoms with van der Waals surface area (Å²) in [5.41, 5.74) is 5.72. The molecule has 3 N–H and O–H groups in total. The molecule has 0 aromatic heterocycles. The molecule has 4 heteroatoms. The Kier molecular flexibility index (Phi) is 3.82. The summed E-state index contributed by atoms with van der Waals surface area (Å²) in [6.07, 6.45) is 3.99. The molecule has 0 unspecified atom stereocenters. The highest BCUT2D eigenvalue weighted by molar-refractivity contribution is 6.27. The van der Waals surface area contributed by atoms with Gasteiger partial charge in [0.15, 0.2) is 0 Å². The molecule has 12 heavy (non-hydrogen) atoms. The molecule has 1 aliphatic carbocycles. The van der Waals surface area contributed by atoms with Crippen LogP contribution in [-0.4, -0.2) is 23.9 Å². The number of carbonyl (C=O) groups excluding carboxylic acids is 1. The Balaban J connectivity index is 2.21. The van der Waals surface area contributed by atoms with E-state index in [4.69, 9.17) is 17.3 Å². The first-order chi connectivity index (χ1) is 5.72. The van der Waals surface area contributed by atoms with Crippen molar-refractivity contribution in [1.82, 2.24) is 5.32 Å². The molecule has 1 rings (SSSR count). The zero-order chi connectivity index (χ0) is 8.97. The first-order valence-electron chi connectivity index (χ1n) is 4.33. The van der Waals surface area contributed by atoms with E-state index in [0.717, 1.165) is 25.7 Å². The van der Waals surface area contributed by atoms with E-state index < -0.39 is 0 Å². The van der Waals surface area contributed by atoms with Gasteiger partial charge in [-0.3, -0.25) is 4.79 Å². The van der Waals surface area contributed by atoms with E-state index in [0.29, 0.717) is 12.1 Å². The first-order valence-corrected chi connectivity index (χ1v) is 4.86. The summed E-state index contributed by atoms with van der Waals surface area (Å²) in [7, 11) is 0. The van der Waals surface area contributed by atoms with Crippen LogP contribution in [0.2, 0.25) is 0 Å². The van der Waals surface area contributed by atoms with Gasteiger partial charge in [0.05, 0.1) is 0 Å². The SMILES string of the molecule is N[C@H]1CC[C@H](NC(=O)CCl)CC1. The maximum Gasteiger partial charge on any atom is 0.235 e. The fourth-order valence-corrected chi connectivity index (χ4v) is 1.61. The van der Waals surface area contributed by atoms with Crippen LogP contribution in [0.5, 0.6) is 0 Å². The second-order valence-corrected chi connectivity index (χ2v) is 3.58. The number of halogens is 1. The van der Waals surface area contributed by atoms with E-state index in [1.54, 1.807) is 0 Å². The lowest BCUT2D eigenvalue weighted by Gasteiger charge is -2.26. The molecule has 0 saturated heterocycles. The third-order valence-electron chi connectivity index (χ3n) is 2.26. The third-order valence-corrected chi connectivity index (χ3v) is 2.50. The van der Waals surface area contributed by atoms with Gasteiger partial charge < -0.3 is 11.1 Å². The standard InChI is InChI=1S/C8H15ClN2O/c9-5-8(12)11-7-3-1-6(10)2-4-7/h6-7H,1-5,10H2,(H,11,12)/t6-,7-. The van der Waals surface area contributed by atoms with Gasteiger partial charge in [0.2, 0.25) is 5.91 Å². The largest absolute Gasteiger partial charge is 0.352 e. The summed E-state index contributed by atoms with van der Waals surface area (Å²) >= 11 is 5.36.